The maximum atomic E-state index is 12.4. The van der Waals surface area contributed by atoms with Crippen LogP contribution in [0, 0.1) is 6.92 Å². The van der Waals surface area contributed by atoms with E-state index in [-0.39, 0.29) is 5.91 Å². The molecule has 1 heterocycles. The SMILES string of the molecule is Cc1cc(Br)ccc1NC(=O)c1ccc2c(c1)CCCN2. The number of hydrogen-bond acceptors (Lipinski definition) is 2. The molecule has 2 aromatic carbocycles. The number of aryl methyl sites for hydroxylation is 2. The van der Waals surface area contributed by atoms with Crippen molar-refractivity contribution < 1.29 is 4.79 Å². The van der Waals surface area contributed by atoms with Crippen LogP contribution >= 0.6 is 15.9 Å². The predicted octanol–water partition coefficient (Wildman–Crippen LogP) is 4.37. The van der Waals surface area contributed by atoms with Crippen molar-refractivity contribution in [2.45, 2.75) is 19.8 Å². The van der Waals surface area contributed by atoms with Gasteiger partial charge in [0, 0.05) is 28.0 Å². The predicted molar refractivity (Wildman–Crippen MR) is 90.1 cm³/mol. The van der Waals surface area contributed by atoms with Gasteiger partial charge in [-0.15, -0.1) is 0 Å². The highest BCUT2D eigenvalue weighted by atomic mass is 79.9. The van der Waals surface area contributed by atoms with Crippen LogP contribution in [-0.2, 0) is 6.42 Å². The van der Waals surface area contributed by atoms with E-state index in [0.717, 1.165) is 40.8 Å². The van der Waals surface area contributed by atoms with Gasteiger partial charge in [-0.1, -0.05) is 15.9 Å². The van der Waals surface area contributed by atoms with Crippen molar-refractivity contribution in [2.75, 3.05) is 17.2 Å². The van der Waals surface area contributed by atoms with E-state index in [9.17, 15) is 4.79 Å². The molecule has 3 nitrogen and oxygen atoms in total. The first-order valence-corrected chi connectivity index (χ1v) is 7.87. The molecule has 0 bridgehead atoms. The lowest BCUT2D eigenvalue weighted by molar-refractivity contribution is 0.102. The number of carbonyl (C=O) groups is 1. The van der Waals surface area contributed by atoms with Gasteiger partial charge >= 0.3 is 0 Å². The van der Waals surface area contributed by atoms with Crippen LogP contribution in [0.25, 0.3) is 0 Å². The van der Waals surface area contributed by atoms with Gasteiger partial charge in [-0.25, -0.2) is 0 Å². The average Bonchev–Trinajstić information content (AvgIpc) is 2.49. The van der Waals surface area contributed by atoms with Gasteiger partial charge < -0.3 is 10.6 Å². The Morgan fingerprint density at radius 2 is 2.10 bits per heavy atom. The molecule has 0 radical (unpaired) electrons. The maximum Gasteiger partial charge on any atom is 0.255 e. The molecule has 0 atom stereocenters. The minimum atomic E-state index is -0.0613. The number of anilines is 2. The number of hydrogen-bond donors (Lipinski definition) is 2. The summed E-state index contributed by atoms with van der Waals surface area (Å²) in [6.07, 6.45) is 2.14. The van der Waals surface area contributed by atoms with E-state index < -0.39 is 0 Å². The van der Waals surface area contributed by atoms with E-state index >= 15 is 0 Å². The first kappa shape index (κ1) is 14.1. The number of nitrogens with one attached hydrogen (secondary N) is 2. The molecule has 0 saturated carbocycles. The lowest BCUT2D eigenvalue weighted by Crippen LogP contribution is -2.16. The van der Waals surface area contributed by atoms with Crippen LogP contribution < -0.4 is 10.6 Å². The third kappa shape index (κ3) is 3.10. The second-order valence-corrected chi connectivity index (χ2v) is 6.23. The smallest absolute Gasteiger partial charge is 0.255 e. The second-order valence-electron chi connectivity index (χ2n) is 5.32. The number of fused-ring (bicyclic) bond motifs is 1. The summed E-state index contributed by atoms with van der Waals surface area (Å²) in [4.78, 5) is 12.4. The van der Waals surface area contributed by atoms with Crippen LogP contribution in [-0.4, -0.2) is 12.5 Å². The summed E-state index contributed by atoms with van der Waals surface area (Å²) >= 11 is 3.43. The van der Waals surface area contributed by atoms with Crippen LogP contribution in [0.5, 0.6) is 0 Å². The van der Waals surface area contributed by atoms with Crippen LogP contribution in [0.4, 0.5) is 11.4 Å². The quantitative estimate of drug-likeness (QED) is 0.849. The number of benzene rings is 2. The Morgan fingerprint density at radius 1 is 1.24 bits per heavy atom. The Labute approximate surface area is 132 Å². The summed E-state index contributed by atoms with van der Waals surface area (Å²) < 4.78 is 1.01. The molecule has 1 aliphatic heterocycles. The fourth-order valence-electron chi connectivity index (χ4n) is 2.58. The van der Waals surface area contributed by atoms with Crippen LogP contribution in [0.15, 0.2) is 40.9 Å². The molecule has 0 saturated heterocycles. The molecule has 3 rings (SSSR count). The monoisotopic (exact) mass is 344 g/mol. The van der Waals surface area contributed by atoms with Crippen molar-refractivity contribution in [3.05, 3.63) is 57.6 Å². The van der Waals surface area contributed by atoms with Crippen LogP contribution in [0.1, 0.15) is 27.9 Å². The molecule has 2 aromatic rings. The van der Waals surface area contributed by atoms with Crippen molar-refractivity contribution in [3.63, 3.8) is 0 Å². The average molecular weight is 345 g/mol. The Morgan fingerprint density at radius 3 is 2.90 bits per heavy atom. The van der Waals surface area contributed by atoms with Gasteiger partial charge in [-0.3, -0.25) is 4.79 Å². The maximum absolute atomic E-state index is 12.4. The highest BCUT2D eigenvalue weighted by Crippen LogP contribution is 2.24. The molecule has 1 amide bonds. The zero-order chi connectivity index (χ0) is 14.8. The van der Waals surface area contributed by atoms with E-state index in [2.05, 4.69) is 26.6 Å². The van der Waals surface area contributed by atoms with Crippen molar-refractivity contribution in [1.82, 2.24) is 0 Å². The molecule has 0 fully saturated rings. The first-order chi connectivity index (χ1) is 10.1. The standard InChI is InChI=1S/C17H17BrN2O/c1-11-9-14(18)5-7-15(11)20-17(21)13-4-6-16-12(10-13)3-2-8-19-16/h4-7,9-10,19H,2-3,8H2,1H3,(H,20,21). The summed E-state index contributed by atoms with van der Waals surface area (Å²) in [5.41, 5.74) is 4.97. The number of carbonyl (C=O) groups excluding carboxylic acids is 1. The van der Waals surface area contributed by atoms with Gasteiger partial charge in [-0.2, -0.15) is 0 Å². The molecule has 0 aliphatic carbocycles. The van der Waals surface area contributed by atoms with E-state index in [0.29, 0.717) is 5.56 Å². The van der Waals surface area contributed by atoms with E-state index in [4.69, 9.17) is 0 Å². The molecular formula is C17H17BrN2O. The Bertz CT molecular complexity index is 697. The van der Waals surface area contributed by atoms with Gasteiger partial charge in [0.1, 0.15) is 0 Å². The second kappa shape index (κ2) is 5.90. The number of amides is 1. The van der Waals surface area contributed by atoms with E-state index in [1.54, 1.807) is 0 Å². The van der Waals surface area contributed by atoms with Gasteiger partial charge in [0.05, 0.1) is 0 Å². The Balaban J connectivity index is 1.82. The van der Waals surface area contributed by atoms with Crippen LogP contribution in [0.2, 0.25) is 0 Å². The summed E-state index contributed by atoms with van der Waals surface area (Å²) in [6, 6.07) is 11.7. The molecule has 0 spiro atoms. The molecule has 1 aliphatic rings. The lowest BCUT2D eigenvalue weighted by Gasteiger charge is -2.18. The molecule has 108 valence electrons. The topological polar surface area (TPSA) is 41.1 Å². The zero-order valence-electron chi connectivity index (χ0n) is 11.9. The van der Waals surface area contributed by atoms with Crippen molar-refractivity contribution in [3.8, 4) is 0 Å². The van der Waals surface area contributed by atoms with E-state index in [1.165, 1.54) is 5.56 Å². The van der Waals surface area contributed by atoms with Crippen molar-refractivity contribution in [1.29, 1.82) is 0 Å². The zero-order valence-corrected chi connectivity index (χ0v) is 13.5. The third-order valence-electron chi connectivity index (χ3n) is 3.74. The van der Waals surface area contributed by atoms with Gasteiger partial charge in [-0.05, 0) is 67.3 Å². The summed E-state index contributed by atoms with van der Waals surface area (Å²) in [5.74, 6) is -0.0613. The first-order valence-electron chi connectivity index (χ1n) is 7.08. The Kier molecular flexibility index (Phi) is 3.97. The molecular weight excluding hydrogens is 328 g/mol. The minimum absolute atomic E-state index is 0.0613. The fraction of sp³-hybridized carbons (Fsp3) is 0.235. The highest BCUT2D eigenvalue weighted by molar-refractivity contribution is 9.10. The number of rotatable bonds is 2. The normalized spacial score (nSPS) is 13.2. The molecule has 0 unspecified atom stereocenters. The fourth-order valence-corrected chi connectivity index (χ4v) is 3.05. The van der Waals surface area contributed by atoms with Gasteiger partial charge in [0.25, 0.3) is 5.91 Å². The molecule has 0 aromatic heterocycles. The summed E-state index contributed by atoms with van der Waals surface area (Å²) in [5, 5.41) is 6.34. The summed E-state index contributed by atoms with van der Waals surface area (Å²) in [6.45, 7) is 2.99. The van der Waals surface area contributed by atoms with Gasteiger partial charge in [0.15, 0.2) is 0 Å². The van der Waals surface area contributed by atoms with Crippen molar-refractivity contribution >= 4 is 33.2 Å². The minimum Gasteiger partial charge on any atom is -0.385 e. The largest absolute Gasteiger partial charge is 0.385 e. The highest BCUT2D eigenvalue weighted by Gasteiger charge is 2.13. The van der Waals surface area contributed by atoms with E-state index in [1.807, 2.05) is 43.3 Å². The Hall–Kier alpha value is -1.81. The van der Waals surface area contributed by atoms with Crippen molar-refractivity contribution in [2.24, 2.45) is 0 Å². The number of halogens is 1. The molecule has 2 N–H and O–H groups in total. The molecule has 4 heteroatoms. The van der Waals surface area contributed by atoms with Crippen LogP contribution in [0.3, 0.4) is 0 Å². The lowest BCUT2D eigenvalue weighted by atomic mass is 10.0. The van der Waals surface area contributed by atoms with Gasteiger partial charge in [0.2, 0.25) is 0 Å². The summed E-state index contributed by atoms with van der Waals surface area (Å²) in [7, 11) is 0. The third-order valence-corrected chi connectivity index (χ3v) is 4.24. The molecule has 21 heavy (non-hydrogen) atoms.